The molecular weight excluding hydrogens is 324 g/mol. The van der Waals surface area contributed by atoms with Gasteiger partial charge in [-0.3, -0.25) is 4.79 Å². The number of hydrogen-bond donors (Lipinski definition) is 1. The van der Waals surface area contributed by atoms with Crippen molar-refractivity contribution >= 4 is 16.8 Å². The lowest BCUT2D eigenvalue weighted by Crippen LogP contribution is -2.25. The van der Waals surface area contributed by atoms with Crippen molar-refractivity contribution in [3.05, 3.63) is 65.9 Å². The van der Waals surface area contributed by atoms with Gasteiger partial charge in [-0.25, -0.2) is 0 Å². The van der Waals surface area contributed by atoms with Crippen molar-refractivity contribution in [3.63, 3.8) is 0 Å². The largest absolute Gasteiger partial charge is 0.481 e. The second-order valence-corrected chi connectivity index (χ2v) is 6.14. The maximum atomic E-state index is 12.1. The van der Waals surface area contributed by atoms with Crippen LogP contribution in [0.5, 0.6) is 5.75 Å². The van der Waals surface area contributed by atoms with Crippen molar-refractivity contribution in [2.45, 2.75) is 13.3 Å². The number of hydrogen-bond acceptors (Lipinski definition) is 2. The number of carbonyl (C=O) groups is 1. The highest BCUT2D eigenvalue weighted by molar-refractivity contribution is 5.89. The Morgan fingerprint density at radius 3 is 2.73 bits per heavy atom. The molecule has 0 aliphatic carbocycles. The highest BCUT2D eigenvalue weighted by Gasteiger charge is 2.09. The van der Waals surface area contributed by atoms with Crippen LogP contribution in [0.4, 0.5) is 0 Å². The van der Waals surface area contributed by atoms with Crippen LogP contribution in [0, 0.1) is 18.8 Å². The van der Waals surface area contributed by atoms with Gasteiger partial charge in [0.15, 0.2) is 0 Å². The second kappa shape index (κ2) is 8.26. The highest BCUT2D eigenvalue weighted by Crippen LogP contribution is 2.20. The molecule has 4 nitrogen and oxygen atoms in total. The minimum Gasteiger partial charge on any atom is -0.481 e. The smallest absolute Gasteiger partial charge is 0.225 e. The fourth-order valence-corrected chi connectivity index (χ4v) is 2.89. The molecule has 1 aromatic heterocycles. The molecular formula is C22H22N2O2. The standard InChI is InChI=1S/C22H22N2O2/c1-17-9-3-6-12-21(17)26-14-8-7-13-23-22(25)15-18-16-24(2)20-11-5-4-10-19(18)20/h3-6,9-12,16H,13-15H2,1-2H3,(H,23,25). The van der Waals surface area contributed by atoms with E-state index in [9.17, 15) is 4.79 Å². The van der Waals surface area contributed by atoms with Crippen LogP contribution in [0.1, 0.15) is 11.1 Å². The Bertz CT molecular complexity index is 976. The molecule has 3 aromatic rings. The summed E-state index contributed by atoms with van der Waals surface area (Å²) in [5.74, 6) is 6.65. The van der Waals surface area contributed by atoms with Crippen LogP contribution in [-0.2, 0) is 18.3 Å². The van der Waals surface area contributed by atoms with Crippen molar-refractivity contribution in [2.24, 2.45) is 7.05 Å². The number of fused-ring (bicyclic) bond motifs is 1. The van der Waals surface area contributed by atoms with E-state index >= 15 is 0 Å². The summed E-state index contributed by atoms with van der Waals surface area (Å²) in [6.07, 6.45) is 2.36. The van der Waals surface area contributed by atoms with Crippen LogP contribution in [0.3, 0.4) is 0 Å². The van der Waals surface area contributed by atoms with Gasteiger partial charge < -0.3 is 14.6 Å². The average molecular weight is 346 g/mol. The molecule has 0 fully saturated rings. The predicted octanol–water partition coefficient (Wildman–Crippen LogP) is 3.23. The number of carbonyl (C=O) groups excluding carboxylic acids is 1. The number of benzene rings is 2. The minimum absolute atomic E-state index is 0.0320. The third-order valence-corrected chi connectivity index (χ3v) is 4.22. The van der Waals surface area contributed by atoms with Gasteiger partial charge in [-0.05, 0) is 30.2 Å². The molecule has 2 aromatic carbocycles. The maximum absolute atomic E-state index is 12.1. The van der Waals surface area contributed by atoms with Crippen LogP contribution in [0.25, 0.3) is 10.9 Å². The lowest BCUT2D eigenvalue weighted by atomic mass is 10.1. The van der Waals surface area contributed by atoms with Crippen LogP contribution in [-0.4, -0.2) is 23.6 Å². The predicted molar refractivity (Wildman–Crippen MR) is 104 cm³/mol. The van der Waals surface area contributed by atoms with Gasteiger partial charge in [0.1, 0.15) is 12.4 Å². The zero-order valence-corrected chi connectivity index (χ0v) is 15.1. The summed E-state index contributed by atoms with van der Waals surface area (Å²) in [7, 11) is 1.99. The number of ether oxygens (including phenoxy) is 1. The van der Waals surface area contributed by atoms with Crippen molar-refractivity contribution in [3.8, 4) is 17.6 Å². The van der Waals surface area contributed by atoms with Crippen LogP contribution < -0.4 is 10.1 Å². The first-order valence-electron chi connectivity index (χ1n) is 8.59. The molecule has 0 spiro atoms. The monoisotopic (exact) mass is 346 g/mol. The summed E-state index contributed by atoms with van der Waals surface area (Å²) in [5.41, 5.74) is 3.23. The third kappa shape index (κ3) is 4.25. The Balaban J connectivity index is 1.47. The first-order valence-corrected chi connectivity index (χ1v) is 8.59. The van der Waals surface area contributed by atoms with E-state index in [1.807, 2.05) is 67.2 Å². The topological polar surface area (TPSA) is 43.3 Å². The second-order valence-electron chi connectivity index (χ2n) is 6.14. The molecule has 1 N–H and O–H groups in total. The SMILES string of the molecule is Cc1ccccc1OCC#CCNC(=O)Cc1cn(C)c2ccccc12. The molecule has 26 heavy (non-hydrogen) atoms. The molecule has 0 atom stereocenters. The van der Waals surface area contributed by atoms with E-state index in [1.54, 1.807) is 0 Å². The summed E-state index contributed by atoms with van der Waals surface area (Å²) < 4.78 is 7.64. The maximum Gasteiger partial charge on any atom is 0.225 e. The number of nitrogens with one attached hydrogen (secondary N) is 1. The molecule has 0 saturated heterocycles. The molecule has 0 bridgehead atoms. The zero-order valence-electron chi connectivity index (χ0n) is 15.1. The molecule has 0 aliphatic heterocycles. The van der Waals surface area contributed by atoms with E-state index in [4.69, 9.17) is 4.74 Å². The Morgan fingerprint density at radius 1 is 1.12 bits per heavy atom. The molecule has 0 unspecified atom stereocenters. The van der Waals surface area contributed by atoms with E-state index < -0.39 is 0 Å². The van der Waals surface area contributed by atoms with Gasteiger partial charge in [-0.2, -0.15) is 0 Å². The van der Waals surface area contributed by atoms with E-state index in [-0.39, 0.29) is 5.91 Å². The normalized spacial score (nSPS) is 10.2. The quantitative estimate of drug-likeness (QED) is 0.721. The molecule has 0 saturated carbocycles. The van der Waals surface area contributed by atoms with Gasteiger partial charge in [-0.15, -0.1) is 0 Å². The molecule has 4 heteroatoms. The lowest BCUT2D eigenvalue weighted by Gasteiger charge is -2.04. The number of para-hydroxylation sites is 2. The van der Waals surface area contributed by atoms with E-state index in [0.717, 1.165) is 27.8 Å². The van der Waals surface area contributed by atoms with Gasteiger partial charge in [0, 0.05) is 24.1 Å². The fourth-order valence-electron chi connectivity index (χ4n) is 2.89. The molecule has 1 amide bonds. The van der Waals surface area contributed by atoms with E-state index in [2.05, 4.69) is 23.2 Å². The average Bonchev–Trinajstić information content (AvgIpc) is 2.95. The number of nitrogens with zero attached hydrogens (tertiary/aromatic N) is 1. The molecule has 1 heterocycles. The first-order chi connectivity index (χ1) is 12.6. The minimum atomic E-state index is -0.0320. The van der Waals surface area contributed by atoms with E-state index in [1.165, 1.54) is 0 Å². The van der Waals surface area contributed by atoms with Crippen LogP contribution in [0.2, 0.25) is 0 Å². The summed E-state index contributed by atoms with van der Waals surface area (Å²) in [4.78, 5) is 12.1. The molecule has 0 radical (unpaired) electrons. The summed E-state index contributed by atoms with van der Waals surface area (Å²) in [5, 5.41) is 3.95. The molecule has 3 rings (SSSR count). The third-order valence-electron chi connectivity index (χ3n) is 4.22. The highest BCUT2D eigenvalue weighted by atomic mass is 16.5. The molecule has 0 aliphatic rings. The van der Waals surface area contributed by atoms with E-state index in [0.29, 0.717) is 19.6 Å². The van der Waals surface area contributed by atoms with Crippen LogP contribution in [0.15, 0.2) is 54.7 Å². The fraction of sp³-hybridized carbons (Fsp3) is 0.227. The number of rotatable bonds is 5. The van der Waals surface area contributed by atoms with Gasteiger partial charge in [0.05, 0.1) is 13.0 Å². The van der Waals surface area contributed by atoms with Crippen molar-refractivity contribution in [2.75, 3.05) is 13.2 Å². The number of amides is 1. The Labute approximate surface area is 153 Å². The van der Waals surface area contributed by atoms with Crippen molar-refractivity contribution in [1.29, 1.82) is 0 Å². The molecule has 132 valence electrons. The summed E-state index contributed by atoms with van der Waals surface area (Å²) >= 11 is 0. The van der Waals surface area contributed by atoms with Gasteiger partial charge in [0.2, 0.25) is 5.91 Å². The van der Waals surface area contributed by atoms with Gasteiger partial charge >= 0.3 is 0 Å². The summed E-state index contributed by atoms with van der Waals surface area (Å²) in [6.45, 7) is 2.63. The lowest BCUT2D eigenvalue weighted by molar-refractivity contribution is -0.120. The number of aromatic nitrogens is 1. The van der Waals surface area contributed by atoms with Crippen molar-refractivity contribution < 1.29 is 9.53 Å². The van der Waals surface area contributed by atoms with Gasteiger partial charge in [-0.1, -0.05) is 48.2 Å². The zero-order chi connectivity index (χ0) is 18.4. The number of aryl methyl sites for hydroxylation is 2. The Kier molecular flexibility index (Phi) is 5.60. The first kappa shape index (κ1) is 17.6. The Hall–Kier alpha value is -3.19. The Morgan fingerprint density at radius 2 is 1.88 bits per heavy atom. The van der Waals surface area contributed by atoms with Crippen LogP contribution >= 0.6 is 0 Å². The summed E-state index contributed by atoms with van der Waals surface area (Å²) in [6, 6.07) is 15.9. The van der Waals surface area contributed by atoms with Crippen molar-refractivity contribution in [1.82, 2.24) is 9.88 Å². The van der Waals surface area contributed by atoms with Gasteiger partial charge in [0.25, 0.3) is 0 Å².